The van der Waals surface area contributed by atoms with Crippen molar-refractivity contribution in [2.45, 2.75) is 0 Å². The first kappa shape index (κ1) is 51.4. The second-order valence-electron chi connectivity index (χ2n) is 0.340. The largest absolute Gasteiger partial charge is 5.00 e. The molecule has 108 valence electrons. The molecule has 0 bridgehead atoms. The van der Waals surface area contributed by atoms with E-state index < -0.39 is 0 Å². The zero-order valence-electron chi connectivity index (χ0n) is 7.52. The van der Waals surface area contributed by atoms with Crippen molar-refractivity contribution in [2.75, 3.05) is 0 Å². The van der Waals surface area contributed by atoms with Gasteiger partial charge in [-0.3, -0.25) is 0 Å². The van der Waals surface area contributed by atoms with Crippen molar-refractivity contribution in [3.8, 4) is 0 Å². The van der Waals surface area contributed by atoms with E-state index >= 15 is 0 Å². The quantitative estimate of drug-likeness (QED) is 0.286. The van der Waals surface area contributed by atoms with Crippen molar-refractivity contribution >= 4 is 0 Å². The van der Waals surface area contributed by atoms with Crippen molar-refractivity contribution in [3.63, 3.8) is 0 Å². The average Bonchev–Trinajstić information content (AvgIpc) is 2.09. The van der Waals surface area contributed by atoms with Crippen LogP contribution in [-0.4, -0.2) is 5.48 Å². The van der Waals surface area contributed by atoms with Crippen molar-refractivity contribution in [1.29, 1.82) is 0 Å². The van der Waals surface area contributed by atoms with E-state index in [9.17, 15) is 0 Å². The monoisotopic (exact) mass is 360 g/mol. The summed E-state index contributed by atoms with van der Waals surface area (Å²) >= 11 is 0. The van der Waals surface area contributed by atoms with Crippen molar-refractivity contribution < 1.29 is 120 Å². The Morgan fingerprint density at radius 2 is 0.333 bits per heavy atom. The van der Waals surface area contributed by atoms with Gasteiger partial charge in [0.05, 0.1) is 0 Å². The van der Waals surface area contributed by atoms with E-state index in [-0.39, 0.29) is 42.6 Å². The zero-order chi connectivity index (χ0) is 13.5. The number of hydrogen-bond acceptors (Lipinski definition) is 15. The van der Waals surface area contributed by atoms with Gasteiger partial charge in [-0.2, -0.15) is 0 Å². The fourth-order valence-electron chi connectivity index (χ4n) is 0. The molecule has 0 aliphatic carbocycles. The Labute approximate surface area is 121 Å². The first-order valence-corrected chi connectivity index (χ1v) is 1.67. The molecule has 0 aromatic carbocycles. The van der Waals surface area contributed by atoms with Gasteiger partial charge >= 0.3 is 37.1 Å². The molecule has 0 heterocycles. The molecule has 18 heavy (non-hydrogen) atoms. The van der Waals surface area contributed by atoms with Crippen LogP contribution in [0.1, 0.15) is 0 Å². The fourth-order valence-corrected chi connectivity index (χ4v) is 0. The zero-order valence-corrected chi connectivity index (χ0v) is 10.3. The molecule has 0 amide bonds. The Balaban J connectivity index is -0.0000000111. The molecule has 0 fully saturated rings. The summed E-state index contributed by atoms with van der Waals surface area (Å²) in [6.07, 6.45) is 0. The first-order chi connectivity index (χ1) is 7.07. The predicted molar refractivity (Wildman–Crippen MR) is 9.04 cm³/mol. The van der Waals surface area contributed by atoms with Gasteiger partial charge in [0.15, 0.2) is 0 Å². The maximum absolute atomic E-state index is 7.88. The van der Waals surface area contributed by atoms with Gasteiger partial charge < -0.3 is 83.2 Å². The summed E-state index contributed by atoms with van der Waals surface area (Å²) in [6, 6.07) is 0. The van der Waals surface area contributed by atoms with Crippen LogP contribution in [0.25, 0.3) is 0 Å². The molecule has 0 aromatic rings. The maximum Gasteiger partial charge on any atom is 5.00 e. The molecule has 0 spiro atoms. The Hall–Kier alpha value is 0.529. The molecular weight excluding hydrogens is 358 g/mol. The second-order valence-corrected chi connectivity index (χ2v) is 0.340. The SMILES string of the molecule is O.[O-]O[O-].[O-]O[O-].[O-]O[O-].[O-]O[O-].[O-]O[O-].[V+5].[V+5]. The molecule has 18 heteroatoms. The number of hydrogen-bond donors (Lipinski definition) is 0. The van der Waals surface area contributed by atoms with Crippen LogP contribution in [-0.2, 0) is 62.3 Å². The van der Waals surface area contributed by atoms with Crippen LogP contribution >= 0.6 is 0 Å². The Bertz CT molecular complexity index is 20.7. The Morgan fingerprint density at radius 3 is 0.333 bits per heavy atom. The van der Waals surface area contributed by atoms with Crippen molar-refractivity contribution in [3.05, 3.63) is 0 Å². The molecular formula is H2O16V2. The second kappa shape index (κ2) is 157. The molecule has 0 aliphatic heterocycles. The molecule has 0 rings (SSSR count). The molecule has 0 saturated heterocycles. The van der Waals surface area contributed by atoms with Crippen LogP contribution in [0.3, 0.4) is 0 Å². The molecule has 0 saturated carbocycles. The number of rotatable bonds is 0. The summed E-state index contributed by atoms with van der Waals surface area (Å²) in [5.41, 5.74) is 0. The van der Waals surface area contributed by atoms with Crippen LogP contribution in [0.4, 0.5) is 0 Å². The third-order valence-electron chi connectivity index (χ3n) is 0. The Morgan fingerprint density at radius 1 is 0.333 bits per heavy atom. The Kier molecular flexibility index (Phi) is 447. The smallest absolute Gasteiger partial charge is 0.734 e. The first-order valence-electron chi connectivity index (χ1n) is 1.67. The van der Waals surface area contributed by atoms with Gasteiger partial charge in [0.1, 0.15) is 0 Å². The van der Waals surface area contributed by atoms with Gasteiger partial charge in [-0.05, 0) is 0 Å². The molecule has 0 aromatic heterocycles. The maximum atomic E-state index is 7.88. The van der Waals surface area contributed by atoms with E-state index in [2.05, 4.69) is 0 Å². The summed E-state index contributed by atoms with van der Waals surface area (Å²) in [6.45, 7) is 0. The third kappa shape index (κ3) is 14300. The van der Waals surface area contributed by atoms with Gasteiger partial charge in [0.2, 0.25) is 0 Å². The summed E-state index contributed by atoms with van der Waals surface area (Å²) in [5, 5.41) is 87.5. The minimum atomic E-state index is 0. The summed E-state index contributed by atoms with van der Waals surface area (Å²) in [7, 11) is 0. The standard InChI is InChI=1S/5H2O3.H2O.2V/c5*1-3-2;;;/h5*1-2H;1H2;;/q;;;;;;2*+5/p-10. The van der Waals surface area contributed by atoms with Crippen LogP contribution in [0.15, 0.2) is 0 Å². The topological polar surface area (TPSA) is 308 Å². The van der Waals surface area contributed by atoms with E-state index in [1.54, 1.807) is 25.2 Å². The van der Waals surface area contributed by atoms with Crippen molar-refractivity contribution in [1.82, 2.24) is 0 Å². The molecule has 2 N–H and O–H groups in total. The fraction of sp³-hybridized carbons (Fsp3) is 0. The van der Waals surface area contributed by atoms with Crippen LogP contribution < -0.4 is 52.6 Å². The molecule has 0 aliphatic rings. The predicted octanol–water partition coefficient (Wildman–Crippen LogP) is -13.1. The summed E-state index contributed by atoms with van der Waals surface area (Å²) in [5.74, 6) is 0. The third-order valence-corrected chi connectivity index (χ3v) is 0. The molecule has 0 atom stereocenters. The van der Waals surface area contributed by atoms with E-state index in [1.807, 2.05) is 0 Å². The van der Waals surface area contributed by atoms with Gasteiger partial charge in [-0.1, -0.05) is 0 Å². The normalized spacial score (nSPS) is 5.00. The van der Waals surface area contributed by atoms with E-state index in [4.69, 9.17) is 52.6 Å². The summed E-state index contributed by atoms with van der Waals surface area (Å²) < 4.78 is 0. The van der Waals surface area contributed by atoms with Gasteiger partial charge in [-0.25, -0.2) is 0 Å². The minimum Gasteiger partial charge on any atom is -0.734 e. The van der Waals surface area contributed by atoms with Gasteiger partial charge in [-0.15, -0.1) is 0 Å². The van der Waals surface area contributed by atoms with E-state index in [1.165, 1.54) is 0 Å². The minimum absolute atomic E-state index is 0. The van der Waals surface area contributed by atoms with Crippen LogP contribution in [0.5, 0.6) is 0 Å². The van der Waals surface area contributed by atoms with Crippen LogP contribution in [0.2, 0.25) is 0 Å². The summed E-state index contributed by atoms with van der Waals surface area (Å²) in [4.78, 5) is 0. The molecule has 0 radical (unpaired) electrons. The molecule has 0 unspecified atom stereocenters. The van der Waals surface area contributed by atoms with Crippen LogP contribution in [0, 0.1) is 0 Å². The molecule has 16 nitrogen and oxygen atoms in total. The van der Waals surface area contributed by atoms with Crippen molar-refractivity contribution in [2.24, 2.45) is 0 Å². The average molecular weight is 360 g/mol. The van der Waals surface area contributed by atoms with E-state index in [0.717, 1.165) is 0 Å². The van der Waals surface area contributed by atoms with Gasteiger partial charge in [0, 0.05) is 0 Å². The van der Waals surface area contributed by atoms with E-state index in [0.29, 0.717) is 0 Å². The van der Waals surface area contributed by atoms with Gasteiger partial charge in [0.25, 0.3) is 0 Å².